The predicted molar refractivity (Wildman–Crippen MR) is 138 cm³/mol. The Hall–Kier alpha value is -2.55. The standard InChI is InChI=1S/C25H18Cl2INO4/c1-2-31-22-13-16(11-20(27)23(22)32-14-15-7-9-17(28)10-8-15)12-21-25(30)33-24(29-21)18-5-3-4-6-19(18)26/h3-13H,2,14H2,1H3/b21-12-. The van der Waals surface area contributed by atoms with Gasteiger partial charge in [0.1, 0.15) is 6.61 Å². The van der Waals surface area contributed by atoms with Crippen LogP contribution in [-0.4, -0.2) is 18.5 Å². The fraction of sp³-hybridized carbons (Fsp3) is 0.120. The Labute approximate surface area is 215 Å². The lowest BCUT2D eigenvalue weighted by molar-refractivity contribution is -0.129. The van der Waals surface area contributed by atoms with Crippen molar-refractivity contribution in [2.75, 3.05) is 6.61 Å². The summed E-state index contributed by atoms with van der Waals surface area (Å²) in [4.78, 5) is 16.7. The molecule has 0 bridgehead atoms. The fourth-order valence-electron chi connectivity index (χ4n) is 3.13. The fourth-order valence-corrected chi connectivity index (χ4v) is 3.98. The quantitative estimate of drug-likeness (QED) is 0.169. The molecule has 1 heterocycles. The Morgan fingerprint density at radius 2 is 1.79 bits per heavy atom. The van der Waals surface area contributed by atoms with E-state index >= 15 is 0 Å². The van der Waals surface area contributed by atoms with Crippen LogP contribution in [0.2, 0.25) is 10.0 Å². The van der Waals surface area contributed by atoms with Crippen LogP contribution >= 0.6 is 45.8 Å². The number of nitrogens with zero attached hydrogens (tertiary/aromatic N) is 1. The van der Waals surface area contributed by atoms with Crippen LogP contribution in [0.25, 0.3) is 6.08 Å². The number of cyclic esters (lactones) is 1. The molecule has 0 spiro atoms. The van der Waals surface area contributed by atoms with Crippen molar-refractivity contribution < 1.29 is 19.0 Å². The van der Waals surface area contributed by atoms with E-state index in [1.807, 2.05) is 31.2 Å². The summed E-state index contributed by atoms with van der Waals surface area (Å²) in [5, 5.41) is 0.807. The van der Waals surface area contributed by atoms with Gasteiger partial charge in [-0.3, -0.25) is 0 Å². The smallest absolute Gasteiger partial charge is 0.363 e. The predicted octanol–water partition coefficient (Wildman–Crippen LogP) is 6.92. The van der Waals surface area contributed by atoms with Crippen molar-refractivity contribution >= 4 is 63.7 Å². The van der Waals surface area contributed by atoms with Crippen LogP contribution in [0.15, 0.2) is 71.4 Å². The Balaban J connectivity index is 1.61. The number of hydrogen-bond acceptors (Lipinski definition) is 5. The third-order valence-electron chi connectivity index (χ3n) is 4.66. The van der Waals surface area contributed by atoms with Crippen LogP contribution in [-0.2, 0) is 16.1 Å². The second-order valence-corrected chi connectivity index (χ2v) is 9.05. The van der Waals surface area contributed by atoms with E-state index in [0.29, 0.717) is 45.9 Å². The van der Waals surface area contributed by atoms with E-state index < -0.39 is 5.97 Å². The van der Waals surface area contributed by atoms with Crippen LogP contribution in [0.5, 0.6) is 11.5 Å². The number of rotatable bonds is 7. The highest BCUT2D eigenvalue weighted by atomic mass is 127. The molecule has 3 aromatic carbocycles. The zero-order chi connectivity index (χ0) is 23.4. The Bertz CT molecular complexity index is 1260. The average Bonchev–Trinajstić information content (AvgIpc) is 3.15. The largest absolute Gasteiger partial charge is 0.490 e. The highest BCUT2D eigenvalue weighted by Gasteiger charge is 2.26. The van der Waals surface area contributed by atoms with Gasteiger partial charge in [-0.25, -0.2) is 9.79 Å². The number of halogens is 3. The molecule has 0 saturated carbocycles. The molecule has 3 aromatic rings. The highest BCUT2D eigenvalue weighted by Crippen LogP contribution is 2.38. The van der Waals surface area contributed by atoms with Gasteiger partial charge >= 0.3 is 5.97 Å². The molecule has 8 heteroatoms. The number of ether oxygens (including phenoxy) is 3. The average molecular weight is 594 g/mol. The molecule has 0 aliphatic carbocycles. The van der Waals surface area contributed by atoms with Crippen molar-refractivity contribution in [2.24, 2.45) is 4.99 Å². The van der Waals surface area contributed by atoms with Gasteiger partial charge in [-0.05, 0) is 83.1 Å². The number of benzene rings is 3. The van der Waals surface area contributed by atoms with Crippen molar-refractivity contribution in [3.63, 3.8) is 0 Å². The summed E-state index contributed by atoms with van der Waals surface area (Å²) in [6.45, 7) is 2.64. The van der Waals surface area contributed by atoms with Crippen molar-refractivity contribution in [3.05, 3.63) is 96.7 Å². The zero-order valence-electron chi connectivity index (χ0n) is 17.5. The molecule has 0 fully saturated rings. The van der Waals surface area contributed by atoms with Crippen molar-refractivity contribution in [1.29, 1.82) is 0 Å². The van der Waals surface area contributed by atoms with Crippen LogP contribution in [0.4, 0.5) is 0 Å². The van der Waals surface area contributed by atoms with E-state index in [2.05, 4.69) is 27.6 Å². The Morgan fingerprint density at radius 3 is 2.52 bits per heavy atom. The van der Waals surface area contributed by atoms with Gasteiger partial charge in [0, 0.05) is 3.57 Å². The maximum atomic E-state index is 12.4. The molecule has 0 N–H and O–H groups in total. The minimum atomic E-state index is -0.571. The Kier molecular flexibility index (Phi) is 7.57. The molecule has 168 valence electrons. The molecule has 4 rings (SSSR count). The third-order valence-corrected chi connectivity index (χ3v) is 5.99. The molecule has 1 aliphatic heterocycles. The van der Waals surface area contributed by atoms with Crippen molar-refractivity contribution in [2.45, 2.75) is 13.5 Å². The van der Waals surface area contributed by atoms with E-state index in [1.54, 1.807) is 42.5 Å². The summed E-state index contributed by atoms with van der Waals surface area (Å²) in [5.74, 6) is 0.501. The van der Waals surface area contributed by atoms with Gasteiger partial charge in [-0.15, -0.1) is 0 Å². The Morgan fingerprint density at radius 1 is 1.03 bits per heavy atom. The summed E-state index contributed by atoms with van der Waals surface area (Å²) < 4.78 is 18.2. The van der Waals surface area contributed by atoms with Gasteiger partial charge in [0.2, 0.25) is 5.90 Å². The van der Waals surface area contributed by atoms with Gasteiger partial charge < -0.3 is 14.2 Å². The number of aliphatic imine (C=N–C) groups is 1. The maximum absolute atomic E-state index is 12.4. The first kappa shape index (κ1) is 23.6. The van der Waals surface area contributed by atoms with Crippen LogP contribution in [0, 0.1) is 3.57 Å². The van der Waals surface area contributed by atoms with Gasteiger partial charge in [-0.2, -0.15) is 0 Å². The van der Waals surface area contributed by atoms with Gasteiger partial charge in [0.15, 0.2) is 17.2 Å². The number of hydrogen-bond donors (Lipinski definition) is 0. The van der Waals surface area contributed by atoms with E-state index in [9.17, 15) is 4.79 Å². The van der Waals surface area contributed by atoms with E-state index in [1.165, 1.54) is 0 Å². The van der Waals surface area contributed by atoms with Crippen LogP contribution < -0.4 is 9.47 Å². The minimum Gasteiger partial charge on any atom is -0.490 e. The second kappa shape index (κ2) is 10.6. The molecule has 0 saturated heterocycles. The highest BCUT2D eigenvalue weighted by molar-refractivity contribution is 14.1. The lowest BCUT2D eigenvalue weighted by atomic mass is 10.1. The molecular weight excluding hydrogens is 576 g/mol. The van der Waals surface area contributed by atoms with Crippen LogP contribution in [0.3, 0.4) is 0 Å². The maximum Gasteiger partial charge on any atom is 0.363 e. The molecule has 1 aliphatic rings. The zero-order valence-corrected chi connectivity index (χ0v) is 21.1. The lowest BCUT2D eigenvalue weighted by Gasteiger charge is -2.14. The molecule has 0 aromatic heterocycles. The SMILES string of the molecule is CCOc1cc(/C=C2\N=C(c3ccccc3Cl)OC2=O)cc(Cl)c1OCc1ccc(I)cc1. The molecule has 33 heavy (non-hydrogen) atoms. The van der Waals surface area contributed by atoms with Crippen molar-refractivity contribution in [3.8, 4) is 11.5 Å². The van der Waals surface area contributed by atoms with Gasteiger partial charge in [0.25, 0.3) is 0 Å². The minimum absolute atomic E-state index is 0.135. The molecule has 0 radical (unpaired) electrons. The topological polar surface area (TPSA) is 57.1 Å². The lowest BCUT2D eigenvalue weighted by Crippen LogP contribution is -2.05. The summed E-state index contributed by atoms with van der Waals surface area (Å²) in [7, 11) is 0. The first-order valence-corrected chi connectivity index (χ1v) is 11.9. The van der Waals surface area contributed by atoms with Crippen molar-refractivity contribution in [1.82, 2.24) is 0 Å². The number of esters is 1. The van der Waals surface area contributed by atoms with Gasteiger partial charge in [-0.1, -0.05) is 47.5 Å². The molecule has 5 nitrogen and oxygen atoms in total. The molecule has 0 amide bonds. The number of carbonyl (C=O) groups excluding carboxylic acids is 1. The summed E-state index contributed by atoms with van der Waals surface area (Å²) >= 11 is 15.0. The normalized spacial score (nSPS) is 14.2. The first-order chi connectivity index (χ1) is 15.9. The van der Waals surface area contributed by atoms with Gasteiger partial charge in [0.05, 0.1) is 22.2 Å². The summed E-state index contributed by atoms with van der Waals surface area (Å²) in [6.07, 6.45) is 1.59. The summed E-state index contributed by atoms with van der Waals surface area (Å²) in [5.41, 5.74) is 2.32. The van der Waals surface area contributed by atoms with E-state index in [0.717, 1.165) is 9.13 Å². The monoisotopic (exact) mass is 593 g/mol. The van der Waals surface area contributed by atoms with E-state index in [-0.39, 0.29) is 11.6 Å². The van der Waals surface area contributed by atoms with Crippen LogP contribution in [0.1, 0.15) is 23.6 Å². The number of carbonyl (C=O) groups is 1. The third kappa shape index (κ3) is 5.69. The van der Waals surface area contributed by atoms with E-state index in [4.69, 9.17) is 37.4 Å². The molecule has 0 unspecified atom stereocenters. The summed E-state index contributed by atoms with van der Waals surface area (Å²) in [6, 6.07) is 18.5. The first-order valence-electron chi connectivity index (χ1n) is 10.1. The second-order valence-electron chi connectivity index (χ2n) is 6.99. The molecular formula is C25H18Cl2INO4. The molecule has 0 atom stereocenters.